The topological polar surface area (TPSA) is 78.8 Å². The van der Waals surface area contributed by atoms with Crippen LogP contribution in [0.25, 0.3) is 0 Å². The Morgan fingerprint density at radius 3 is 2.77 bits per heavy atom. The van der Waals surface area contributed by atoms with Crippen molar-refractivity contribution in [3.05, 3.63) is 65.3 Å². The zero-order valence-corrected chi connectivity index (χ0v) is 27.0. The first kappa shape index (κ1) is 31.6. The van der Waals surface area contributed by atoms with Gasteiger partial charge in [0.1, 0.15) is 11.9 Å². The highest BCUT2D eigenvalue weighted by Crippen LogP contribution is 2.64. The van der Waals surface area contributed by atoms with Crippen LogP contribution in [0.4, 0.5) is 0 Å². The van der Waals surface area contributed by atoms with Gasteiger partial charge in [0, 0.05) is 17.2 Å². The number of piperidine rings is 1. The van der Waals surface area contributed by atoms with E-state index in [-0.39, 0.29) is 18.1 Å². The van der Waals surface area contributed by atoms with Gasteiger partial charge in [-0.3, -0.25) is 4.79 Å². The van der Waals surface area contributed by atoms with E-state index in [9.17, 15) is 15.0 Å². The maximum atomic E-state index is 13.1. The molecule has 2 bridgehead atoms. The van der Waals surface area contributed by atoms with Gasteiger partial charge < -0.3 is 20.3 Å². The molecule has 3 N–H and O–H groups in total. The molecule has 5 heteroatoms. The van der Waals surface area contributed by atoms with Crippen molar-refractivity contribution in [1.82, 2.24) is 5.32 Å². The van der Waals surface area contributed by atoms with Gasteiger partial charge in [-0.2, -0.15) is 0 Å². The number of aliphatic carboxylic acids is 1. The molecular weight excluding hydrogens is 546 g/mol. The summed E-state index contributed by atoms with van der Waals surface area (Å²) >= 11 is 0. The number of carboxylic acid groups (broad SMARTS) is 1. The smallest absolute Gasteiger partial charge is 0.311 e. The van der Waals surface area contributed by atoms with E-state index < -0.39 is 22.9 Å². The lowest BCUT2D eigenvalue weighted by Gasteiger charge is -2.60. The van der Waals surface area contributed by atoms with E-state index in [1.165, 1.54) is 49.7 Å². The van der Waals surface area contributed by atoms with Crippen molar-refractivity contribution in [2.45, 2.75) is 145 Å². The Kier molecular flexibility index (Phi) is 9.73. The third-order valence-electron chi connectivity index (χ3n) is 11.7. The van der Waals surface area contributed by atoms with Crippen molar-refractivity contribution >= 4 is 5.97 Å². The van der Waals surface area contributed by atoms with Crippen LogP contribution in [0.1, 0.15) is 132 Å². The minimum atomic E-state index is -0.823. The largest absolute Gasteiger partial charge is 0.489 e. The highest BCUT2D eigenvalue weighted by atomic mass is 16.5. The number of unbranched alkanes of at least 4 members (excludes halogenated alkanes) is 3. The van der Waals surface area contributed by atoms with Gasteiger partial charge in [0.25, 0.3) is 0 Å². The van der Waals surface area contributed by atoms with E-state index in [1.807, 2.05) is 0 Å². The number of aliphatic hydroxyl groups is 1. The molecule has 3 fully saturated rings. The normalized spacial score (nSPS) is 29.9. The summed E-state index contributed by atoms with van der Waals surface area (Å²) in [5, 5.41) is 26.6. The van der Waals surface area contributed by atoms with Gasteiger partial charge in [-0.1, -0.05) is 81.2 Å². The number of ether oxygens (including phenoxy) is 1. The molecule has 1 saturated heterocycles. The lowest BCUT2D eigenvalue weighted by molar-refractivity contribution is -0.149. The second kappa shape index (κ2) is 13.5. The summed E-state index contributed by atoms with van der Waals surface area (Å²) in [5.41, 5.74) is 3.25. The van der Waals surface area contributed by atoms with Crippen molar-refractivity contribution in [3.8, 4) is 5.75 Å². The van der Waals surface area contributed by atoms with E-state index in [0.29, 0.717) is 5.92 Å². The molecule has 0 aromatic heterocycles. The third kappa shape index (κ3) is 5.96. The van der Waals surface area contributed by atoms with Crippen LogP contribution in [-0.2, 0) is 16.6 Å². The van der Waals surface area contributed by atoms with Crippen LogP contribution in [-0.4, -0.2) is 40.5 Å². The fourth-order valence-corrected chi connectivity index (χ4v) is 9.37. The Morgan fingerprint density at radius 2 is 1.98 bits per heavy atom. The lowest BCUT2D eigenvalue weighted by atomic mass is 9.49. The van der Waals surface area contributed by atoms with Crippen LogP contribution < -0.4 is 10.1 Å². The number of carboxylic acids is 1. The number of nitrogens with one attached hydrogen (secondary N) is 1. The summed E-state index contributed by atoms with van der Waals surface area (Å²) in [6, 6.07) is 4.29. The fourth-order valence-electron chi connectivity index (χ4n) is 9.37. The molecule has 2 saturated carbocycles. The van der Waals surface area contributed by atoms with Crippen LogP contribution in [0, 0.1) is 11.8 Å². The first-order chi connectivity index (χ1) is 21.4. The molecule has 0 amide bonds. The first-order valence-electron chi connectivity index (χ1n) is 17.9. The third-order valence-corrected chi connectivity index (χ3v) is 11.7. The first-order valence-corrected chi connectivity index (χ1v) is 17.9. The molecule has 3 aliphatic carbocycles. The number of allylic oxidation sites excluding steroid dienone is 5. The van der Waals surface area contributed by atoms with Crippen molar-refractivity contribution in [2.24, 2.45) is 11.8 Å². The van der Waals surface area contributed by atoms with Gasteiger partial charge in [-0.15, -0.1) is 0 Å². The van der Waals surface area contributed by atoms with E-state index >= 15 is 0 Å². The molecule has 3 unspecified atom stereocenters. The van der Waals surface area contributed by atoms with Crippen molar-refractivity contribution in [3.63, 3.8) is 0 Å². The number of hydrogen-bond acceptors (Lipinski definition) is 4. The molecule has 2 aliphatic heterocycles. The maximum Gasteiger partial charge on any atom is 0.311 e. The molecule has 0 radical (unpaired) electrons. The molecular formula is C39H55NO4. The predicted octanol–water partition coefficient (Wildman–Crippen LogP) is 8.30. The molecule has 1 aromatic rings. The van der Waals surface area contributed by atoms with Gasteiger partial charge >= 0.3 is 5.97 Å². The van der Waals surface area contributed by atoms with Crippen LogP contribution in [0.3, 0.4) is 0 Å². The zero-order chi connectivity index (χ0) is 30.7. The molecule has 240 valence electrons. The molecule has 1 spiro atoms. The quantitative estimate of drug-likeness (QED) is 0.124. The van der Waals surface area contributed by atoms with Crippen molar-refractivity contribution < 1.29 is 19.7 Å². The van der Waals surface area contributed by atoms with Crippen LogP contribution >= 0.6 is 0 Å². The molecule has 6 atom stereocenters. The Morgan fingerprint density at radius 1 is 1.14 bits per heavy atom. The summed E-state index contributed by atoms with van der Waals surface area (Å²) in [6.07, 6.45) is 26.3. The highest BCUT2D eigenvalue weighted by molar-refractivity contribution is 5.79. The average molecular weight is 602 g/mol. The molecule has 6 rings (SSSR count). The molecule has 5 nitrogen and oxygen atoms in total. The van der Waals surface area contributed by atoms with Gasteiger partial charge in [-0.05, 0) is 107 Å². The van der Waals surface area contributed by atoms with E-state index in [2.05, 4.69) is 55.3 Å². The predicted molar refractivity (Wildman–Crippen MR) is 177 cm³/mol. The van der Waals surface area contributed by atoms with Crippen LogP contribution in [0.5, 0.6) is 5.75 Å². The minimum absolute atomic E-state index is 0.0415. The molecule has 2 heterocycles. The highest BCUT2D eigenvalue weighted by Gasteiger charge is 2.69. The monoisotopic (exact) mass is 601 g/mol. The number of rotatable bonds is 17. The molecule has 5 aliphatic rings. The lowest BCUT2D eigenvalue weighted by Crippen LogP contribution is -2.74. The summed E-state index contributed by atoms with van der Waals surface area (Å²) in [7, 11) is 0. The zero-order valence-electron chi connectivity index (χ0n) is 27.0. The Hall–Kier alpha value is -2.37. The Labute approximate surface area is 265 Å². The number of hydrogen-bond donors (Lipinski definition) is 3. The van der Waals surface area contributed by atoms with Gasteiger partial charge in [0.2, 0.25) is 0 Å². The maximum absolute atomic E-state index is 13.1. The van der Waals surface area contributed by atoms with Gasteiger partial charge in [0.05, 0.1) is 16.9 Å². The van der Waals surface area contributed by atoms with Gasteiger partial charge in [-0.25, -0.2) is 0 Å². The Balaban J connectivity index is 1.15. The average Bonchev–Trinajstić information content (AvgIpc) is 3.74. The SMILES string of the molecule is C=C(C/C=C\C/C=C\CCCCC)CCCC(CC1CC1)C(C(=O)O)c1ccc2c3c1O[C@H]1CCC[C@@]4(O)C(C2)NCC[C@]314. The second-order valence-corrected chi connectivity index (χ2v) is 14.6. The molecule has 1 aromatic carbocycles. The fraction of sp³-hybridized carbons (Fsp3) is 0.667. The van der Waals surface area contributed by atoms with Crippen molar-refractivity contribution in [2.75, 3.05) is 6.54 Å². The van der Waals surface area contributed by atoms with E-state index in [1.54, 1.807) is 0 Å². The van der Waals surface area contributed by atoms with Crippen molar-refractivity contribution in [1.29, 1.82) is 0 Å². The molecule has 44 heavy (non-hydrogen) atoms. The van der Waals surface area contributed by atoms with Crippen LogP contribution in [0.2, 0.25) is 0 Å². The van der Waals surface area contributed by atoms with Crippen LogP contribution in [0.15, 0.2) is 48.6 Å². The second-order valence-electron chi connectivity index (χ2n) is 14.6. The summed E-state index contributed by atoms with van der Waals surface area (Å²) in [6.45, 7) is 7.45. The van der Waals surface area contributed by atoms with E-state index in [4.69, 9.17) is 4.74 Å². The Bertz CT molecular complexity index is 1260. The summed E-state index contributed by atoms with van der Waals surface area (Å²) in [4.78, 5) is 13.1. The number of carbonyl (C=O) groups is 1. The van der Waals surface area contributed by atoms with E-state index in [0.717, 1.165) is 94.1 Å². The minimum Gasteiger partial charge on any atom is -0.489 e. The van der Waals surface area contributed by atoms with Gasteiger partial charge in [0.15, 0.2) is 0 Å². The summed E-state index contributed by atoms with van der Waals surface area (Å²) < 4.78 is 6.84. The standard InChI is InChI=1S/C39H55NO4/c1-3-4-5-6-7-8-9-10-11-14-27(2)15-12-16-29(25-28-18-19-28)34(37(41)42)31-21-20-30-26-32-39(43)22-13-17-33-38(39,23-24-40-32)35(30)36(31)44-33/h7-8,10-11,20-21,28-29,32-34,40,43H,2-6,9,12-19,22-26H2,1H3,(H,41,42)/b8-7-,11-10-/t29?,32?,33-,34?,38+,39+/m0/s1. The summed E-state index contributed by atoms with van der Waals surface area (Å²) in [5.74, 6) is 0.211. The number of benzene rings is 1.